The maximum Gasteiger partial charge on any atom is 0.292 e. The largest absolute Gasteiger partial charge is 0.502 e. The van der Waals surface area contributed by atoms with E-state index in [1.165, 1.54) is 23.7 Å². The summed E-state index contributed by atoms with van der Waals surface area (Å²) >= 11 is 0. The molecule has 1 aliphatic heterocycles. The number of nitrogens with zero attached hydrogens (tertiary/aromatic N) is 1. The first-order valence-corrected chi connectivity index (χ1v) is 8.18. The van der Waals surface area contributed by atoms with Crippen LogP contribution in [0.5, 0.6) is 0 Å². The Kier molecular flexibility index (Phi) is 4.36. The Morgan fingerprint density at radius 1 is 1.18 bits per heavy atom. The molecule has 0 bridgehead atoms. The van der Waals surface area contributed by atoms with Gasteiger partial charge >= 0.3 is 0 Å². The summed E-state index contributed by atoms with van der Waals surface area (Å²) in [7, 11) is 0. The van der Waals surface area contributed by atoms with Gasteiger partial charge in [0.2, 0.25) is 0 Å². The molecule has 1 atom stereocenters. The summed E-state index contributed by atoms with van der Waals surface area (Å²) in [6.07, 6.45) is 7.76. The zero-order valence-corrected chi connectivity index (χ0v) is 13.1. The van der Waals surface area contributed by atoms with Crippen LogP contribution >= 0.6 is 0 Å². The second kappa shape index (κ2) is 6.42. The van der Waals surface area contributed by atoms with E-state index in [0.717, 1.165) is 32.1 Å². The molecule has 0 aromatic heterocycles. The summed E-state index contributed by atoms with van der Waals surface area (Å²) in [5, 5.41) is 13.0. The lowest BCUT2D eigenvalue weighted by Crippen LogP contribution is -2.57. The topological polar surface area (TPSA) is 52.6 Å². The molecule has 1 unspecified atom stereocenters. The van der Waals surface area contributed by atoms with Crippen molar-refractivity contribution in [1.82, 2.24) is 10.2 Å². The highest BCUT2D eigenvalue weighted by atomic mass is 16.3. The summed E-state index contributed by atoms with van der Waals surface area (Å²) in [5.41, 5.74) is 2.43. The second-order valence-corrected chi connectivity index (χ2v) is 6.41. The number of rotatable bonds is 3. The molecule has 1 aromatic carbocycles. The minimum atomic E-state index is -0.234. The highest BCUT2D eigenvalue weighted by molar-refractivity contribution is 5.92. The van der Waals surface area contributed by atoms with E-state index >= 15 is 0 Å². The molecule has 1 heterocycles. The predicted molar refractivity (Wildman–Crippen MR) is 86.2 cm³/mol. The first kappa shape index (κ1) is 14.9. The van der Waals surface area contributed by atoms with Crippen LogP contribution in [0.25, 0.3) is 0 Å². The third-order valence-corrected chi connectivity index (χ3v) is 4.72. The summed E-state index contributed by atoms with van der Waals surface area (Å²) in [5.74, 6) is -0.409. The molecule has 0 saturated heterocycles. The highest BCUT2D eigenvalue weighted by Crippen LogP contribution is 2.27. The summed E-state index contributed by atoms with van der Waals surface area (Å²) in [6, 6.07) is 8.65. The second-order valence-electron chi connectivity index (χ2n) is 6.41. The Bertz CT molecular complexity index is 559. The first-order chi connectivity index (χ1) is 10.6. The average molecular weight is 300 g/mol. The van der Waals surface area contributed by atoms with Crippen LogP contribution in [0.15, 0.2) is 36.2 Å². The molecule has 1 fully saturated rings. The number of hydrogen-bond donors (Lipinski definition) is 2. The third kappa shape index (κ3) is 3.11. The summed E-state index contributed by atoms with van der Waals surface area (Å²) in [4.78, 5) is 14.3. The molecular weight excluding hydrogens is 276 g/mol. The van der Waals surface area contributed by atoms with Crippen molar-refractivity contribution in [3.05, 3.63) is 47.4 Å². The van der Waals surface area contributed by atoms with Crippen LogP contribution in [-0.2, 0) is 11.2 Å². The predicted octanol–water partition coefficient (Wildman–Crippen LogP) is 3.03. The van der Waals surface area contributed by atoms with E-state index in [4.69, 9.17) is 0 Å². The van der Waals surface area contributed by atoms with Crippen LogP contribution in [0.4, 0.5) is 0 Å². The van der Waals surface area contributed by atoms with E-state index < -0.39 is 0 Å². The van der Waals surface area contributed by atoms with Gasteiger partial charge in [-0.15, -0.1) is 0 Å². The van der Waals surface area contributed by atoms with Crippen molar-refractivity contribution in [2.75, 3.05) is 0 Å². The van der Waals surface area contributed by atoms with E-state index in [9.17, 15) is 9.90 Å². The molecule has 3 rings (SSSR count). The van der Waals surface area contributed by atoms with Crippen molar-refractivity contribution in [3.63, 3.8) is 0 Å². The number of aliphatic hydroxyl groups excluding tert-OH is 1. The van der Waals surface area contributed by atoms with Gasteiger partial charge < -0.3 is 15.3 Å². The number of aryl methyl sites for hydroxylation is 1. The van der Waals surface area contributed by atoms with Crippen LogP contribution in [0, 0.1) is 6.92 Å². The quantitative estimate of drug-likeness (QED) is 0.902. The van der Waals surface area contributed by atoms with Crippen molar-refractivity contribution in [3.8, 4) is 0 Å². The van der Waals surface area contributed by atoms with Crippen LogP contribution < -0.4 is 5.32 Å². The van der Waals surface area contributed by atoms with Gasteiger partial charge in [-0.2, -0.15) is 0 Å². The van der Waals surface area contributed by atoms with Gasteiger partial charge in [0.15, 0.2) is 5.76 Å². The van der Waals surface area contributed by atoms with Crippen LogP contribution in [0.2, 0.25) is 0 Å². The number of carbonyl (C=O) groups excluding carboxylic acids is 1. The smallest absolute Gasteiger partial charge is 0.292 e. The zero-order chi connectivity index (χ0) is 15.5. The van der Waals surface area contributed by atoms with Gasteiger partial charge in [-0.1, -0.05) is 49.1 Å². The van der Waals surface area contributed by atoms with Crippen LogP contribution in [-0.4, -0.2) is 28.1 Å². The fourth-order valence-corrected chi connectivity index (χ4v) is 3.48. The van der Waals surface area contributed by atoms with E-state index in [0.29, 0.717) is 0 Å². The number of amides is 1. The molecule has 1 aliphatic carbocycles. The molecule has 1 amide bonds. The lowest BCUT2D eigenvalue weighted by Gasteiger charge is -2.42. The fraction of sp³-hybridized carbons (Fsp3) is 0.500. The number of benzene rings is 1. The van der Waals surface area contributed by atoms with Crippen LogP contribution in [0.3, 0.4) is 0 Å². The molecule has 4 heteroatoms. The van der Waals surface area contributed by atoms with E-state index in [2.05, 4.69) is 36.5 Å². The van der Waals surface area contributed by atoms with Crippen molar-refractivity contribution in [2.45, 2.75) is 57.7 Å². The van der Waals surface area contributed by atoms with E-state index in [1.807, 2.05) is 4.90 Å². The van der Waals surface area contributed by atoms with Gasteiger partial charge in [-0.25, -0.2) is 0 Å². The standard InChI is InChI=1S/C18H24N2O2/c1-13-7-9-14(10-8-13)11-17-19-12-16(21)18(22)20(17)15-5-3-2-4-6-15/h7-10,12,15,17,19,21H,2-6,11H2,1H3. The molecule has 0 spiro atoms. The molecule has 1 saturated carbocycles. The fourth-order valence-electron chi connectivity index (χ4n) is 3.48. The van der Waals surface area contributed by atoms with Gasteiger partial charge in [0, 0.05) is 18.7 Å². The van der Waals surface area contributed by atoms with Crippen molar-refractivity contribution < 1.29 is 9.90 Å². The highest BCUT2D eigenvalue weighted by Gasteiger charge is 2.35. The SMILES string of the molecule is Cc1ccc(CC2NC=C(O)C(=O)N2C2CCCCC2)cc1. The Labute approximate surface area is 131 Å². The molecule has 22 heavy (non-hydrogen) atoms. The monoisotopic (exact) mass is 300 g/mol. The minimum absolute atomic E-state index is 0.0748. The molecule has 4 nitrogen and oxygen atoms in total. The molecule has 0 radical (unpaired) electrons. The third-order valence-electron chi connectivity index (χ3n) is 4.72. The van der Waals surface area contributed by atoms with Gasteiger partial charge in [0.25, 0.3) is 5.91 Å². The Balaban J connectivity index is 1.80. The lowest BCUT2D eigenvalue weighted by molar-refractivity contribution is -0.137. The first-order valence-electron chi connectivity index (χ1n) is 8.18. The van der Waals surface area contributed by atoms with E-state index in [1.54, 1.807) is 0 Å². The molecular formula is C18H24N2O2. The van der Waals surface area contributed by atoms with Gasteiger partial charge in [0.1, 0.15) is 6.17 Å². The van der Waals surface area contributed by atoms with E-state index in [-0.39, 0.29) is 23.9 Å². The van der Waals surface area contributed by atoms with Gasteiger partial charge in [-0.3, -0.25) is 4.79 Å². The normalized spacial score (nSPS) is 23.1. The molecule has 2 aliphatic rings. The average Bonchev–Trinajstić information content (AvgIpc) is 2.54. The van der Waals surface area contributed by atoms with Gasteiger partial charge in [-0.05, 0) is 25.3 Å². The number of hydrogen-bond acceptors (Lipinski definition) is 3. The Morgan fingerprint density at radius 2 is 1.86 bits per heavy atom. The van der Waals surface area contributed by atoms with Gasteiger partial charge in [0.05, 0.1) is 0 Å². The van der Waals surface area contributed by atoms with Crippen molar-refractivity contribution in [2.24, 2.45) is 0 Å². The van der Waals surface area contributed by atoms with Crippen molar-refractivity contribution in [1.29, 1.82) is 0 Å². The molecule has 2 N–H and O–H groups in total. The number of carbonyl (C=O) groups is 1. The lowest BCUT2D eigenvalue weighted by atomic mass is 9.92. The number of nitrogens with one attached hydrogen (secondary N) is 1. The van der Waals surface area contributed by atoms with Crippen LogP contribution in [0.1, 0.15) is 43.2 Å². The summed E-state index contributed by atoms with van der Waals surface area (Å²) in [6.45, 7) is 2.07. The molecule has 118 valence electrons. The maximum atomic E-state index is 12.4. The Morgan fingerprint density at radius 3 is 2.55 bits per heavy atom. The Hall–Kier alpha value is -1.97. The summed E-state index contributed by atoms with van der Waals surface area (Å²) < 4.78 is 0. The number of aliphatic hydroxyl groups is 1. The maximum absolute atomic E-state index is 12.4. The molecule has 1 aromatic rings. The van der Waals surface area contributed by atoms with Crippen molar-refractivity contribution >= 4 is 5.91 Å². The minimum Gasteiger partial charge on any atom is -0.502 e. The zero-order valence-electron chi connectivity index (χ0n) is 13.1.